The van der Waals surface area contributed by atoms with Crippen molar-refractivity contribution in [1.82, 2.24) is 14.8 Å². The molecule has 3 aromatic rings. The van der Waals surface area contributed by atoms with Crippen molar-refractivity contribution >= 4 is 22.9 Å². The van der Waals surface area contributed by atoms with Crippen LogP contribution in [0.15, 0.2) is 40.8 Å². The number of hydrogen-bond acceptors (Lipinski definition) is 5. The number of furan rings is 1. The Kier molecular flexibility index (Phi) is 8.22. The van der Waals surface area contributed by atoms with Gasteiger partial charge in [-0.05, 0) is 45.1 Å². The van der Waals surface area contributed by atoms with Gasteiger partial charge < -0.3 is 19.3 Å². The van der Waals surface area contributed by atoms with Crippen molar-refractivity contribution in [1.29, 1.82) is 0 Å². The highest BCUT2D eigenvalue weighted by atomic mass is 16.3. The minimum atomic E-state index is -0.576. The Morgan fingerprint density at radius 3 is 2.38 bits per heavy atom. The maximum Gasteiger partial charge on any atom is 0.290 e. The van der Waals surface area contributed by atoms with E-state index in [-0.39, 0.29) is 35.5 Å². The number of hydrogen-bond donors (Lipinski definition) is 1. The first-order valence-corrected chi connectivity index (χ1v) is 14.1. The third-order valence-corrected chi connectivity index (χ3v) is 7.77. The second-order valence-corrected chi connectivity index (χ2v) is 12.5. The number of aromatic nitrogens is 1. The molecular formula is C32H43N3O4. The van der Waals surface area contributed by atoms with Crippen LogP contribution in [-0.4, -0.2) is 63.5 Å². The van der Waals surface area contributed by atoms with Crippen LogP contribution in [0.1, 0.15) is 82.5 Å². The molecule has 1 atom stereocenters. The number of fused-ring (bicyclic) bond motifs is 1. The number of benzene rings is 1. The van der Waals surface area contributed by atoms with Gasteiger partial charge >= 0.3 is 0 Å². The zero-order valence-electron chi connectivity index (χ0n) is 24.5. The summed E-state index contributed by atoms with van der Waals surface area (Å²) in [6, 6.07) is 12.1. The van der Waals surface area contributed by atoms with Crippen LogP contribution in [0.2, 0.25) is 0 Å². The molecule has 0 unspecified atom stereocenters. The Bertz CT molecular complexity index is 1330. The number of piperazine rings is 1. The van der Waals surface area contributed by atoms with E-state index in [2.05, 4.69) is 65.0 Å². The fourth-order valence-corrected chi connectivity index (χ4v) is 5.56. The molecule has 4 rings (SSSR count). The molecule has 1 aliphatic rings. The highest BCUT2D eigenvalue weighted by Crippen LogP contribution is 2.35. The number of pyridine rings is 1. The normalized spacial score (nSPS) is 16.5. The lowest BCUT2D eigenvalue weighted by molar-refractivity contribution is -0.140. The second-order valence-electron chi connectivity index (χ2n) is 12.5. The van der Waals surface area contributed by atoms with E-state index in [1.807, 2.05) is 23.6 Å². The molecular weight excluding hydrogens is 490 g/mol. The largest absolute Gasteiger partial charge is 0.449 e. The van der Waals surface area contributed by atoms with Crippen LogP contribution >= 0.6 is 0 Å². The van der Waals surface area contributed by atoms with E-state index in [9.17, 15) is 14.7 Å². The molecule has 1 N–H and O–H groups in total. The van der Waals surface area contributed by atoms with Crippen LogP contribution in [0.4, 0.5) is 0 Å². The molecule has 0 radical (unpaired) electrons. The van der Waals surface area contributed by atoms with Gasteiger partial charge in [0, 0.05) is 49.4 Å². The predicted octanol–water partition coefficient (Wildman–Crippen LogP) is 5.96. The van der Waals surface area contributed by atoms with E-state index in [0.29, 0.717) is 37.2 Å². The minimum Gasteiger partial charge on any atom is -0.449 e. The Morgan fingerprint density at radius 1 is 1.10 bits per heavy atom. The zero-order valence-corrected chi connectivity index (χ0v) is 24.5. The number of aliphatic hydroxyl groups is 1. The summed E-state index contributed by atoms with van der Waals surface area (Å²) in [5.74, 6) is -0.0427. The molecule has 3 heterocycles. The van der Waals surface area contributed by atoms with E-state index >= 15 is 0 Å². The van der Waals surface area contributed by atoms with Crippen LogP contribution in [0.5, 0.6) is 0 Å². The van der Waals surface area contributed by atoms with Crippen molar-refractivity contribution < 1.29 is 19.1 Å². The summed E-state index contributed by atoms with van der Waals surface area (Å²) in [7, 11) is 0. The molecule has 0 spiro atoms. The summed E-state index contributed by atoms with van der Waals surface area (Å²) < 4.78 is 6.26. The molecule has 0 bridgehead atoms. The average Bonchev–Trinajstić information content (AvgIpc) is 3.30. The third kappa shape index (κ3) is 6.03. The highest BCUT2D eigenvalue weighted by molar-refractivity contribution is 5.97. The van der Waals surface area contributed by atoms with Crippen LogP contribution in [0, 0.1) is 12.8 Å². The van der Waals surface area contributed by atoms with Gasteiger partial charge in [0.1, 0.15) is 5.52 Å². The van der Waals surface area contributed by atoms with Crippen molar-refractivity contribution in [3.63, 3.8) is 0 Å². The van der Waals surface area contributed by atoms with E-state index < -0.39 is 5.54 Å². The smallest absolute Gasteiger partial charge is 0.290 e. The first-order chi connectivity index (χ1) is 18.4. The van der Waals surface area contributed by atoms with E-state index in [4.69, 9.17) is 9.40 Å². The number of carbonyl (C=O) groups is 2. The fourth-order valence-electron chi connectivity index (χ4n) is 5.56. The lowest BCUT2D eigenvalue weighted by Gasteiger charge is -2.47. The number of aryl methyl sites for hydroxylation is 1. The lowest BCUT2D eigenvalue weighted by atomic mass is 9.86. The van der Waals surface area contributed by atoms with Gasteiger partial charge in [0.2, 0.25) is 5.91 Å². The molecule has 0 aliphatic carbocycles. The summed E-state index contributed by atoms with van der Waals surface area (Å²) in [5.41, 5.74) is 4.57. The van der Waals surface area contributed by atoms with Gasteiger partial charge in [0.15, 0.2) is 11.3 Å². The van der Waals surface area contributed by atoms with Gasteiger partial charge in [-0.2, -0.15) is 0 Å². The summed E-state index contributed by atoms with van der Waals surface area (Å²) in [6.07, 6.45) is 2.12. The molecule has 1 aliphatic heterocycles. The number of rotatable bonds is 7. The number of amides is 2. The average molecular weight is 534 g/mol. The summed E-state index contributed by atoms with van der Waals surface area (Å²) in [4.78, 5) is 35.6. The minimum absolute atomic E-state index is 0.000516. The van der Waals surface area contributed by atoms with Crippen molar-refractivity contribution in [3.05, 3.63) is 53.3 Å². The van der Waals surface area contributed by atoms with Crippen LogP contribution in [-0.2, 0) is 10.2 Å². The molecule has 0 saturated carbocycles. The van der Waals surface area contributed by atoms with Gasteiger partial charge in [-0.25, -0.2) is 4.98 Å². The number of carbonyl (C=O) groups excluding carboxylic acids is 2. The van der Waals surface area contributed by atoms with Crippen LogP contribution in [0.25, 0.3) is 22.4 Å². The highest BCUT2D eigenvalue weighted by Gasteiger charge is 2.41. The van der Waals surface area contributed by atoms with Gasteiger partial charge in [0.05, 0.1) is 11.2 Å². The Balaban J connectivity index is 1.63. The number of aliphatic hydroxyl groups excluding tert-OH is 1. The number of nitrogens with zero attached hydrogens (tertiary/aromatic N) is 3. The van der Waals surface area contributed by atoms with Crippen molar-refractivity contribution in [2.45, 2.75) is 78.7 Å². The topological polar surface area (TPSA) is 86.9 Å². The molecule has 1 saturated heterocycles. The monoisotopic (exact) mass is 533 g/mol. The first kappa shape index (κ1) is 28.8. The fraction of sp³-hybridized carbons (Fsp3) is 0.531. The molecule has 1 aromatic carbocycles. The molecule has 39 heavy (non-hydrogen) atoms. The lowest BCUT2D eigenvalue weighted by Crippen LogP contribution is -2.62. The molecule has 7 heteroatoms. The standard InChI is InChI=1S/C32H43N3O4/c1-8-9-23(14-17-36)29(37)34-15-16-35(32(6,7)20-34)30(38)27-19-26-28(39-27)24(31(3,4)5)18-25(33-26)22-12-10-21(2)11-13-22/h10-13,18-19,23,36H,8-9,14-17,20H2,1-7H3/t23-/m1/s1. The Hall–Kier alpha value is -3.19. The maximum atomic E-state index is 13.8. The van der Waals surface area contributed by atoms with Crippen molar-refractivity contribution in [2.75, 3.05) is 26.2 Å². The quantitative estimate of drug-likeness (QED) is 0.405. The molecule has 2 amide bonds. The van der Waals surface area contributed by atoms with Crippen LogP contribution in [0.3, 0.4) is 0 Å². The van der Waals surface area contributed by atoms with Crippen molar-refractivity contribution in [3.8, 4) is 11.3 Å². The van der Waals surface area contributed by atoms with Gasteiger partial charge in [0.25, 0.3) is 5.91 Å². The Morgan fingerprint density at radius 2 is 1.79 bits per heavy atom. The van der Waals surface area contributed by atoms with Gasteiger partial charge in [-0.15, -0.1) is 0 Å². The predicted molar refractivity (Wildman–Crippen MR) is 155 cm³/mol. The first-order valence-electron chi connectivity index (χ1n) is 14.1. The second kappa shape index (κ2) is 11.1. The van der Waals surface area contributed by atoms with E-state index in [0.717, 1.165) is 29.7 Å². The van der Waals surface area contributed by atoms with E-state index in [1.165, 1.54) is 5.56 Å². The summed E-state index contributed by atoms with van der Waals surface area (Å²) >= 11 is 0. The zero-order chi connectivity index (χ0) is 28.5. The van der Waals surface area contributed by atoms with Gasteiger partial charge in [-0.3, -0.25) is 9.59 Å². The van der Waals surface area contributed by atoms with Crippen LogP contribution < -0.4 is 0 Å². The molecule has 1 fully saturated rings. The summed E-state index contributed by atoms with van der Waals surface area (Å²) in [5, 5.41) is 9.44. The Labute approximate surface area is 232 Å². The van der Waals surface area contributed by atoms with Crippen molar-refractivity contribution in [2.24, 2.45) is 5.92 Å². The van der Waals surface area contributed by atoms with Gasteiger partial charge in [-0.1, -0.05) is 63.9 Å². The molecule has 210 valence electrons. The van der Waals surface area contributed by atoms with E-state index in [1.54, 1.807) is 6.07 Å². The third-order valence-electron chi connectivity index (χ3n) is 7.77. The SMILES string of the molecule is CCC[C@H](CCO)C(=O)N1CCN(C(=O)c2cc3nc(-c4ccc(C)cc4)cc(C(C)(C)C)c3o2)C(C)(C)C1. The maximum absolute atomic E-state index is 13.8. The molecule has 7 nitrogen and oxygen atoms in total. The molecule has 2 aromatic heterocycles. The summed E-state index contributed by atoms with van der Waals surface area (Å²) in [6.45, 7) is 15.8.